The first kappa shape index (κ1) is 15.4. The molecule has 6 heteroatoms. The second-order valence-corrected chi connectivity index (χ2v) is 4.97. The van der Waals surface area contributed by atoms with Crippen LogP contribution in [0.1, 0.15) is 23.7 Å². The highest BCUT2D eigenvalue weighted by Crippen LogP contribution is 2.21. The number of alkyl halides is 1. The molecule has 0 N–H and O–H groups in total. The molecule has 0 aromatic heterocycles. The van der Waals surface area contributed by atoms with Gasteiger partial charge in [-0.2, -0.15) is 0 Å². The van der Waals surface area contributed by atoms with Crippen molar-refractivity contribution in [2.24, 2.45) is 0 Å². The molecule has 0 bridgehead atoms. The highest BCUT2D eigenvalue weighted by molar-refractivity contribution is 9.10. The monoisotopic (exact) mass is 339 g/mol. The Morgan fingerprint density at radius 2 is 1.94 bits per heavy atom. The fourth-order valence-electron chi connectivity index (χ4n) is 1.56. The molecular formula is C12H13BrClF2NO. The number of carbonyl (C=O) groups excluding carboxylic acids is 1. The van der Waals surface area contributed by atoms with Gasteiger partial charge in [0.2, 0.25) is 0 Å². The average Bonchev–Trinajstić information content (AvgIpc) is 2.28. The number of carbonyl (C=O) groups is 1. The summed E-state index contributed by atoms with van der Waals surface area (Å²) in [5.41, 5.74) is -0.519. The van der Waals surface area contributed by atoms with Crippen LogP contribution in [-0.4, -0.2) is 29.8 Å². The molecule has 100 valence electrons. The quantitative estimate of drug-likeness (QED) is 0.746. The van der Waals surface area contributed by atoms with Crippen molar-refractivity contribution < 1.29 is 13.6 Å². The Labute approximate surface area is 118 Å². The molecule has 18 heavy (non-hydrogen) atoms. The number of hydrogen-bond donors (Lipinski definition) is 0. The summed E-state index contributed by atoms with van der Waals surface area (Å²) in [6.45, 7) is 2.51. The standard InChI is InChI=1S/C12H13BrClF2NO/c1-2-17(5-3-4-14)12(18)11-9(15)6-8(13)7-10(11)16/h6-7H,2-5H2,1H3. The Kier molecular flexibility index (Phi) is 6.02. The van der Waals surface area contributed by atoms with Gasteiger partial charge < -0.3 is 4.90 Å². The van der Waals surface area contributed by atoms with Gasteiger partial charge in [-0.1, -0.05) is 15.9 Å². The van der Waals surface area contributed by atoms with Gasteiger partial charge in [0.15, 0.2) is 0 Å². The maximum atomic E-state index is 13.6. The zero-order valence-electron chi connectivity index (χ0n) is 9.85. The maximum absolute atomic E-state index is 13.6. The molecule has 0 saturated carbocycles. The molecule has 1 aromatic rings. The minimum Gasteiger partial charge on any atom is -0.339 e. The summed E-state index contributed by atoms with van der Waals surface area (Å²) in [7, 11) is 0. The largest absolute Gasteiger partial charge is 0.339 e. The van der Waals surface area contributed by atoms with E-state index in [2.05, 4.69) is 15.9 Å². The lowest BCUT2D eigenvalue weighted by atomic mass is 10.1. The lowest BCUT2D eigenvalue weighted by Gasteiger charge is -2.21. The summed E-state index contributed by atoms with van der Waals surface area (Å²) >= 11 is 8.51. The molecule has 0 aliphatic heterocycles. The third-order valence-corrected chi connectivity index (χ3v) is 3.18. The van der Waals surface area contributed by atoms with Crippen LogP contribution in [0.4, 0.5) is 8.78 Å². The summed E-state index contributed by atoms with van der Waals surface area (Å²) in [4.78, 5) is 13.4. The molecule has 0 unspecified atom stereocenters. The third kappa shape index (κ3) is 3.65. The molecule has 1 aromatic carbocycles. The molecule has 1 amide bonds. The van der Waals surface area contributed by atoms with E-state index < -0.39 is 23.1 Å². The molecule has 0 aliphatic rings. The van der Waals surface area contributed by atoms with Gasteiger partial charge >= 0.3 is 0 Å². The zero-order valence-corrected chi connectivity index (χ0v) is 12.2. The SMILES string of the molecule is CCN(CCCCl)C(=O)c1c(F)cc(Br)cc1F. The normalized spacial score (nSPS) is 10.5. The van der Waals surface area contributed by atoms with Crippen molar-refractivity contribution in [3.8, 4) is 0 Å². The molecule has 0 radical (unpaired) electrons. The lowest BCUT2D eigenvalue weighted by molar-refractivity contribution is 0.0755. The number of rotatable bonds is 5. The first-order valence-corrected chi connectivity index (χ1v) is 6.83. The first-order chi connectivity index (χ1) is 8.51. The number of amides is 1. The number of halogens is 4. The van der Waals surface area contributed by atoms with Crippen LogP contribution in [0.2, 0.25) is 0 Å². The zero-order chi connectivity index (χ0) is 13.7. The Bertz CT molecular complexity index is 419. The van der Waals surface area contributed by atoms with Crippen molar-refractivity contribution in [2.45, 2.75) is 13.3 Å². The molecule has 2 nitrogen and oxygen atoms in total. The fraction of sp³-hybridized carbons (Fsp3) is 0.417. The van der Waals surface area contributed by atoms with Gasteiger partial charge in [-0.15, -0.1) is 11.6 Å². The van der Waals surface area contributed by atoms with Gasteiger partial charge in [0.25, 0.3) is 5.91 Å². The maximum Gasteiger partial charge on any atom is 0.259 e. The van der Waals surface area contributed by atoms with Crippen molar-refractivity contribution in [1.82, 2.24) is 4.90 Å². The highest BCUT2D eigenvalue weighted by Gasteiger charge is 2.22. The minimum atomic E-state index is -0.865. The molecule has 0 heterocycles. The van der Waals surface area contributed by atoms with Crippen LogP contribution in [0.5, 0.6) is 0 Å². The smallest absolute Gasteiger partial charge is 0.259 e. The van der Waals surface area contributed by atoms with Crippen LogP contribution in [0.15, 0.2) is 16.6 Å². The van der Waals surface area contributed by atoms with Crippen molar-refractivity contribution in [1.29, 1.82) is 0 Å². The molecule has 0 aliphatic carbocycles. The predicted molar refractivity (Wildman–Crippen MR) is 71.0 cm³/mol. The number of nitrogens with zero attached hydrogens (tertiary/aromatic N) is 1. The Morgan fingerprint density at radius 3 is 2.39 bits per heavy atom. The molecule has 1 rings (SSSR count). The Morgan fingerprint density at radius 1 is 1.39 bits per heavy atom. The second-order valence-electron chi connectivity index (χ2n) is 3.67. The highest BCUT2D eigenvalue weighted by atomic mass is 79.9. The van der Waals surface area contributed by atoms with Gasteiger partial charge in [-0.05, 0) is 25.5 Å². The van der Waals surface area contributed by atoms with E-state index in [-0.39, 0.29) is 4.47 Å². The topological polar surface area (TPSA) is 20.3 Å². The number of hydrogen-bond acceptors (Lipinski definition) is 1. The summed E-state index contributed by atoms with van der Waals surface area (Å²) in [5.74, 6) is -1.98. The van der Waals surface area contributed by atoms with E-state index in [4.69, 9.17) is 11.6 Å². The van der Waals surface area contributed by atoms with Crippen LogP contribution in [0.3, 0.4) is 0 Å². The van der Waals surface area contributed by atoms with Gasteiger partial charge in [0.1, 0.15) is 17.2 Å². The van der Waals surface area contributed by atoms with Crippen molar-refractivity contribution >= 4 is 33.4 Å². The van der Waals surface area contributed by atoms with E-state index in [1.807, 2.05) is 0 Å². The van der Waals surface area contributed by atoms with Crippen LogP contribution >= 0.6 is 27.5 Å². The van der Waals surface area contributed by atoms with Crippen LogP contribution < -0.4 is 0 Å². The summed E-state index contributed by atoms with van der Waals surface area (Å²) in [5, 5.41) is 0. The predicted octanol–water partition coefficient (Wildman–Crippen LogP) is 3.82. The van der Waals surface area contributed by atoms with Gasteiger partial charge in [0.05, 0.1) is 0 Å². The Balaban J connectivity index is 3.01. The molecular weight excluding hydrogens is 327 g/mol. The van der Waals surface area contributed by atoms with Gasteiger partial charge in [0, 0.05) is 23.4 Å². The molecule has 0 fully saturated rings. The summed E-state index contributed by atoms with van der Waals surface area (Å²) in [6.07, 6.45) is 0.584. The summed E-state index contributed by atoms with van der Waals surface area (Å²) in [6, 6.07) is 2.15. The van der Waals surface area contributed by atoms with E-state index in [1.54, 1.807) is 6.92 Å². The Hall–Kier alpha value is -0.680. The second kappa shape index (κ2) is 7.04. The van der Waals surface area contributed by atoms with E-state index in [0.717, 1.165) is 12.1 Å². The van der Waals surface area contributed by atoms with Crippen molar-refractivity contribution in [3.63, 3.8) is 0 Å². The van der Waals surface area contributed by atoms with Crippen LogP contribution in [-0.2, 0) is 0 Å². The van der Waals surface area contributed by atoms with E-state index >= 15 is 0 Å². The lowest BCUT2D eigenvalue weighted by Crippen LogP contribution is -2.33. The van der Waals surface area contributed by atoms with Crippen molar-refractivity contribution in [3.05, 3.63) is 33.8 Å². The van der Waals surface area contributed by atoms with E-state index in [1.165, 1.54) is 4.90 Å². The summed E-state index contributed by atoms with van der Waals surface area (Å²) < 4.78 is 27.5. The van der Waals surface area contributed by atoms with E-state index in [9.17, 15) is 13.6 Å². The minimum absolute atomic E-state index is 0.262. The first-order valence-electron chi connectivity index (χ1n) is 5.51. The molecule has 0 spiro atoms. The fourth-order valence-corrected chi connectivity index (χ4v) is 2.08. The molecule has 0 atom stereocenters. The third-order valence-electron chi connectivity index (χ3n) is 2.45. The van der Waals surface area contributed by atoms with E-state index in [0.29, 0.717) is 25.4 Å². The van der Waals surface area contributed by atoms with Crippen molar-refractivity contribution in [2.75, 3.05) is 19.0 Å². The van der Waals surface area contributed by atoms with Crippen LogP contribution in [0, 0.1) is 11.6 Å². The van der Waals surface area contributed by atoms with Crippen LogP contribution in [0.25, 0.3) is 0 Å². The molecule has 0 saturated heterocycles. The number of benzene rings is 1. The van der Waals surface area contributed by atoms with Gasteiger partial charge in [-0.3, -0.25) is 4.79 Å². The average molecular weight is 341 g/mol. The van der Waals surface area contributed by atoms with Gasteiger partial charge in [-0.25, -0.2) is 8.78 Å².